The van der Waals surface area contributed by atoms with Gasteiger partial charge in [-0.1, -0.05) is 84.4 Å². The van der Waals surface area contributed by atoms with Gasteiger partial charge in [-0.2, -0.15) is 0 Å². The smallest absolute Gasteiger partial charge is 0.0898 e. The standard InChI is InChI=1S/C24H13ClIN/c25-22-20(26)13-27-23-21(22)16-9-3-6-12-19(16)24(23)17-10-4-1-7-14(17)15-8-2-5-11-18(15)24/h1-13H. The summed E-state index contributed by atoms with van der Waals surface area (Å²) in [5.74, 6) is 0. The Balaban J connectivity index is 1.89. The van der Waals surface area contributed by atoms with E-state index < -0.39 is 5.41 Å². The zero-order chi connectivity index (χ0) is 18.2. The van der Waals surface area contributed by atoms with Crippen LogP contribution >= 0.6 is 34.2 Å². The van der Waals surface area contributed by atoms with Gasteiger partial charge in [0.1, 0.15) is 0 Å². The van der Waals surface area contributed by atoms with Crippen LogP contribution in [0.1, 0.15) is 22.4 Å². The topological polar surface area (TPSA) is 12.9 Å². The van der Waals surface area contributed by atoms with Crippen molar-refractivity contribution in [2.24, 2.45) is 0 Å². The third kappa shape index (κ3) is 1.78. The van der Waals surface area contributed by atoms with Crippen molar-refractivity contribution < 1.29 is 0 Å². The number of benzene rings is 3. The van der Waals surface area contributed by atoms with Gasteiger partial charge in [-0.25, -0.2) is 0 Å². The van der Waals surface area contributed by atoms with E-state index in [0.29, 0.717) is 0 Å². The van der Waals surface area contributed by atoms with Gasteiger partial charge < -0.3 is 0 Å². The molecule has 1 aromatic heterocycles. The zero-order valence-electron chi connectivity index (χ0n) is 14.2. The molecule has 0 unspecified atom stereocenters. The molecule has 3 aromatic carbocycles. The van der Waals surface area contributed by atoms with Gasteiger partial charge in [-0.3, -0.25) is 4.98 Å². The summed E-state index contributed by atoms with van der Waals surface area (Å²) in [5, 5.41) is 0.798. The maximum atomic E-state index is 6.83. The molecule has 0 saturated heterocycles. The Labute approximate surface area is 176 Å². The molecule has 0 saturated carbocycles. The summed E-state index contributed by atoms with van der Waals surface area (Å²) in [6, 6.07) is 26.0. The average molecular weight is 478 g/mol. The first-order valence-corrected chi connectivity index (χ1v) is 10.3. The number of hydrogen-bond acceptors (Lipinski definition) is 1. The highest BCUT2D eigenvalue weighted by atomic mass is 127. The molecular formula is C24H13ClIN. The van der Waals surface area contributed by atoms with Crippen molar-refractivity contribution in [3.63, 3.8) is 0 Å². The van der Waals surface area contributed by atoms with Crippen molar-refractivity contribution in [2.75, 3.05) is 0 Å². The molecule has 0 N–H and O–H groups in total. The Kier molecular flexibility index (Phi) is 3.19. The van der Waals surface area contributed by atoms with E-state index in [-0.39, 0.29) is 0 Å². The fraction of sp³-hybridized carbons (Fsp3) is 0.0417. The molecule has 4 aromatic rings. The van der Waals surface area contributed by atoms with Crippen molar-refractivity contribution in [2.45, 2.75) is 5.41 Å². The second-order valence-corrected chi connectivity index (χ2v) is 8.57. The van der Waals surface area contributed by atoms with Crippen LogP contribution in [0.15, 0.2) is 79.0 Å². The van der Waals surface area contributed by atoms with Crippen molar-refractivity contribution in [3.05, 3.63) is 110 Å². The molecule has 0 radical (unpaired) electrons. The van der Waals surface area contributed by atoms with E-state index >= 15 is 0 Å². The first-order valence-electron chi connectivity index (χ1n) is 8.88. The maximum absolute atomic E-state index is 6.83. The number of pyridine rings is 1. The predicted molar refractivity (Wildman–Crippen MR) is 118 cm³/mol. The molecule has 2 aliphatic carbocycles. The summed E-state index contributed by atoms with van der Waals surface area (Å²) in [5.41, 5.74) is 9.34. The van der Waals surface area contributed by atoms with Crippen LogP contribution in [0.4, 0.5) is 0 Å². The summed E-state index contributed by atoms with van der Waals surface area (Å²) in [6.07, 6.45) is 1.90. The number of nitrogens with zero attached hydrogens (tertiary/aromatic N) is 1. The monoisotopic (exact) mass is 477 g/mol. The molecule has 0 fully saturated rings. The molecular weight excluding hydrogens is 465 g/mol. The Morgan fingerprint density at radius 1 is 0.704 bits per heavy atom. The van der Waals surface area contributed by atoms with Crippen LogP contribution in [0.5, 0.6) is 0 Å². The van der Waals surface area contributed by atoms with Gasteiger partial charge in [0.2, 0.25) is 0 Å². The molecule has 3 heteroatoms. The van der Waals surface area contributed by atoms with Gasteiger partial charge >= 0.3 is 0 Å². The largest absolute Gasteiger partial charge is 0.258 e. The molecule has 1 spiro atoms. The van der Waals surface area contributed by atoms with Gasteiger partial charge in [0.05, 0.1) is 19.7 Å². The molecule has 6 rings (SSSR count). The van der Waals surface area contributed by atoms with Gasteiger partial charge in [0, 0.05) is 11.8 Å². The van der Waals surface area contributed by atoms with Gasteiger partial charge in [-0.05, 0) is 56.0 Å². The van der Waals surface area contributed by atoms with Crippen molar-refractivity contribution in [1.82, 2.24) is 4.98 Å². The number of aromatic nitrogens is 1. The number of rotatable bonds is 0. The van der Waals surface area contributed by atoms with Crippen LogP contribution in [0.3, 0.4) is 0 Å². The lowest BCUT2D eigenvalue weighted by Crippen LogP contribution is -2.27. The van der Waals surface area contributed by atoms with E-state index in [1.165, 1.54) is 33.4 Å². The molecule has 0 bridgehead atoms. The van der Waals surface area contributed by atoms with Crippen molar-refractivity contribution in [1.29, 1.82) is 0 Å². The van der Waals surface area contributed by atoms with E-state index in [4.69, 9.17) is 16.6 Å². The van der Waals surface area contributed by atoms with Crippen LogP contribution in [-0.2, 0) is 5.41 Å². The molecule has 1 nitrogen and oxygen atoms in total. The third-order valence-corrected chi connectivity index (χ3v) is 7.41. The quantitative estimate of drug-likeness (QED) is 0.222. The normalized spacial score (nSPS) is 14.6. The van der Waals surface area contributed by atoms with Crippen molar-refractivity contribution in [3.8, 4) is 22.3 Å². The van der Waals surface area contributed by atoms with Crippen LogP contribution in [0.25, 0.3) is 22.3 Å². The first kappa shape index (κ1) is 15.8. The molecule has 27 heavy (non-hydrogen) atoms. The lowest BCUT2D eigenvalue weighted by molar-refractivity contribution is 0.760. The molecule has 2 aliphatic rings. The van der Waals surface area contributed by atoms with Gasteiger partial charge in [-0.15, -0.1) is 0 Å². The number of halogens is 2. The average Bonchev–Trinajstić information content (AvgIpc) is 3.18. The van der Waals surface area contributed by atoms with Gasteiger partial charge in [0.15, 0.2) is 0 Å². The SMILES string of the molecule is Clc1c(I)cnc2c1-c1ccccc1C21c2ccccc2-c2ccccc21. The maximum Gasteiger partial charge on any atom is 0.0898 e. The molecule has 0 aliphatic heterocycles. The highest BCUT2D eigenvalue weighted by molar-refractivity contribution is 14.1. The lowest BCUT2D eigenvalue weighted by Gasteiger charge is -2.29. The summed E-state index contributed by atoms with van der Waals surface area (Å²) in [4.78, 5) is 4.98. The van der Waals surface area contributed by atoms with Crippen LogP contribution in [-0.4, -0.2) is 4.98 Å². The highest BCUT2D eigenvalue weighted by Crippen LogP contribution is 2.63. The molecule has 0 atom stereocenters. The number of hydrogen-bond donors (Lipinski definition) is 0. The Morgan fingerprint density at radius 2 is 1.19 bits per heavy atom. The first-order chi connectivity index (χ1) is 13.2. The summed E-state index contributed by atoms with van der Waals surface area (Å²) < 4.78 is 0.986. The minimum Gasteiger partial charge on any atom is -0.258 e. The number of fused-ring (bicyclic) bond motifs is 10. The van der Waals surface area contributed by atoms with E-state index in [2.05, 4.69) is 95.4 Å². The Hall–Kier alpha value is -2.17. The molecule has 128 valence electrons. The predicted octanol–water partition coefficient (Wildman–Crippen LogP) is 6.68. The van der Waals surface area contributed by atoms with Crippen LogP contribution in [0, 0.1) is 3.57 Å². The van der Waals surface area contributed by atoms with Crippen LogP contribution < -0.4 is 0 Å². The summed E-state index contributed by atoms with van der Waals surface area (Å²) >= 11 is 9.11. The minimum absolute atomic E-state index is 0.396. The Bertz CT molecular complexity index is 1220. The summed E-state index contributed by atoms with van der Waals surface area (Å²) in [6.45, 7) is 0. The van der Waals surface area contributed by atoms with E-state index in [0.717, 1.165) is 19.9 Å². The highest BCUT2D eigenvalue weighted by Gasteiger charge is 2.53. The van der Waals surface area contributed by atoms with E-state index in [1.54, 1.807) is 0 Å². The fourth-order valence-electron chi connectivity index (χ4n) is 4.93. The molecule has 1 heterocycles. The van der Waals surface area contributed by atoms with E-state index in [1.807, 2.05) is 6.20 Å². The van der Waals surface area contributed by atoms with Crippen molar-refractivity contribution >= 4 is 34.2 Å². The van der Waals surface area contributed by atoms with E-state index in [9.17, 15) is 0 Å². The third-order valence-electron chi connectivity index (χ3n) is 5.88. The van der Waals surface area contributed by atoms with Gasteiger partial charge in [0.25, 0.3) is 0 Å². The zero-order valence-corrected chi connectivity index (χ0v) is 17.1. The fourth-order valence-corrected chi connectivity index (χ4v) is 5.58. The lowest BCUT2D eigenvalue weighted by atomic mass is 9.72. The van der Waals surface area contributed by atoms with Crippen LogP contribution in [0.2, 0.25) is 5.02 Å². The minimum atomic E-state index is -0.396. The Morgan fingerprint density at radius 3 is 1.78 bits per heavy atom. The molecule has 0 amide bonds. The second kappa shape index (κ2) is 5.43. The summed E-state index contributed by atoms with van der Waals surface area (Å²) in [7, 11) is 0. The second-order valence-electron chi connectivity index (χ2n) is 7.03.